The van der Waals surface area contributed by atoms with Crippen molar-refractivity contribution >= 4 is 28.9 Å². The molecule has 1 aromatic heterocycles. The van der Waals surface area contributed by atoms with E-state index < -0.39 is 0 Å². The van der Waals surface area contributed by atoms with Gasteiger partial charge in [0.2, 0.25) is 0 Å². The van der Waals surface area contributed by atoms with Gasteiger partial charge in [0.05, 0.1) is 29.3 Å². The Morgan fingerprint density at radius 1 is 1.31 bits per heavy atom. The smallest absolute Gasteiger partial charge is 0.0922 e. The highest BCUT2D eigenvalue weighted by molar-refractivity contribution is 6.35. The Labute approximate surface area is 104 Å². The summed E-state index contributed by atoms with van der Waals surface area (Å²) in [7, 11) is 0. The average molecular weight is 256 g/mol. The van der Waals surface area contributed by atoms with Gasteiger partial charge in [-0.15, -0.1) is 0 Å². The number of halogens is 2. The van der Waals surface area contributed by atoms with Gasteiger partial charge in [0.25, 0.3) is 0 Å². The van der Waals surface area contributed by atoms with Crippen LogP contribution >= 0.6 is 23.2 Å². The predicted molar refractivity (Wildman–Crippen MR) is 67.1 cm³/mol. The molecular weight excluding hydrogens is 245 g/mol. The maximum absolute atomic E-state index is 6.09. The molecule has 0 saturated carbocycles. The fourth-order valence-corrected chi connectivity index (χ4v) is 1.80. The molecule has 0 spiro atoms. The van der Waals surface area contributed by atoms with Gasteiger partial charge in [-0.3, -0.25) is 0 Å². The van der Waals surface area contributed by atoms with Gasteiger partial charge >= 0.3 is 0 Å². The Bertz CT molecular complexity index is 480. The molecule has 0 unspecified atom stereocenters. The first-order valence-corrected chi connectivity index (χ1v) is 5.59. The first kappa shape index (κ1) is 11.3. The number of H-pyrrole nitrogens is 1. The quantitative estimate of drug-likeness (QED) is 0.880. The van der Waals surface area contributed by atoms with E-state index in [4.69, 9.17) is 23.2 Å². The number of hydrogen-bond acceptors (Lipinski definition) is 2. The number of nitrogens with zero attached hydrogens (tertiary/aromatic N) is 1. The molecule has 0 aliphatic heterocycles. The molecule has 3 nitrogen and oxygen atoms in total. The van der Waals surface area contributed by atoms with Crippen molar-refractivity contribution in [2.75, 3.05) is 5.32 Å². The number of hydrogen-bond donors (Lipinski definition) is 2. The highest BCUT2D eigenvalue weighted by atomic mass is 35.5. The number of aryl methyl sites for hydroxylation is 1. The van der Waals surface area contributed by atoms with Crippen molar-refractivity contribution < 1.29 is 0 Å². The van der Waals surface area contributed by atoms with Crippen LogP contribution in [0.5, 0.6) is 0 Å². The molecule has 2 N–H and O–H groups in total. The van der Waals surface area contributed by atoms with E-state index in [2.05, 4.69) is 15.3 Å². The number of nitrogens with one attached hydrogen (secondary N) is 2. The Morgan fingerprint density at radius 3 is 2.81 bits per heavy atom. The van der Waals surface area contributed by atoms with Crippen LogP contribution in [0, 0.1) is 6.92 Å². The van der Waals surface area contributed by atoms with Crippen molar-refractivity contribution in [3.8, 4) is 0 Å². The minimum Gasteiger partial charge on any atom is -0.378 e. The summed E-state index contributed by atoms with van der Waals surface area (Å²) >= 11 is 12.1. The van der Waals surface area contributed by atoms with Crippen LogP contribution in [0.2, 0.25) is 10.0 Å². The lowest BCUT2D eigenvalue weighted by molar-refractivity contribution is 1.07. The summed E-state index contributed by atoms with van der Waals surface area (Å²) in [4.78, 5) is 6.94. The summed E-state index contributed by atoms with van der Waals surface area (Å²) < 4.78 is 0. The van der Waals surface area contributed by atoms with Crippen LogP contribution in [-0.2, 0) is 6.54 Å². The van der Waals surface area contributed by atoms with Crippen molar-refractivity contribution in [1.82, 2.24) is 9.97 Å². The predicted octanol–water partition coefficient (Wildman–Crippen LogP) is 3.64. The summed E-state index contributed by atoms with van der Waals surface area (Å²) in [5, 5.41) is 4.57. The van der Waals surface area contributed by atoms with Gasteiger partial charge in [0.1, 0.15) is 0 Å². The zero-order valence-corrected chi connectivity index (χ0v) is 10.2. The number of aromatic nitrogens is 2. The van der Waals surface area contributed by atoms with E-state index >= 15 is 0 Å². The minimum absolute atomic E-state index is 0.638. The van der Waals surface area contributed by atoms with Crippen molar-refractivity contribution in [2.45, 2.75) is 13.5 Å². The molecule has 0 bridgehead atoms. The van der Waals surface area contributed by atoms with Gasteiger partial charge in [0, 0.05) is 11.2 Å². The van der Waals surface area contributed by atoms with Crippen LogP contribution in [0.4, 0.5) is 5.69 Å². The number of anilines is 1. The van der Waals surface area contributed by atoms with Gasteiger partial charge in [-0.25, -0.2) is 4.98 Å². The average Bonchev–Trinajstić information content (AvgIpc) is 2.74. The Hall–Kier alpha value is -1.19. The van der Waals surface area contributed by atoms with Crippen molar-refractivity contribution in [1.29, 1.82) is 0 Å². The SMILES string of the molecule is Cc1cc(Cl)c(NCc2cnc[nH]2)cc1Cl. The third-order valence-corrected chi connectivity index (χ3v) is 2.99. The molecule has 0 amide bonds. The van der Waals surface area contributed by atoms with Crippen LogP contribution in [0.15, 0.2) is 24.7 Å². The maximum Gasteiger partial charge on any atom is 0.0922 e. The van der Waals surface area contributed by atoms with Gasteiger partial charge in [0.15, 0.2) is 0 Å². The van der Waals surface area contributed by atoms with E-state index in [1.807, 2.05) is 19.1 Å². The molecule has 16 heavy (non-hydrogen) atoms. The number of imidazole rings is 1. The van der Waals surface area contributed by atoms with Crippen molar-refractivity contribution in [3.63, 3.8) is 0 Å². The normalized spacial score (nSPS) is 10.4. The van der Waals surface area contributed by atoms with Gasteiger partial charge in [-0.05, 0) is 24.6 Å². The molecule has 5 heteroatoms. The standard InChI is InChI=1S/C11H11Cl2N3/c1-7-2-10(13)11(3-9(7)12)15-5-8-4-14-6-16-8/h2-4,6,15H,5H2,1H3,(H,14,16). The lowest BCUT2D eigenvalue weighted by Gasteiger charge is -2.09. The second-order valence-electron chi connectivity index (χ2n) is 3.51. The maximum atomic E-state index is 6.09. The zero-order chi connectivity index (χ0) is 11.5. The van der Waals surface area contributed by atoms with Gasteiger partial charge in [-0.2, -0.15) is 0 Å². The molecule has 0 fully saturated rings. The van der Waals surface area contributed by atoms with Gasteiger partial charge in [-0.1, -0.05) is 23.2 Å². The summed E-state index contributed by atoms with van der Waals surface area (Å²) in [6.45, 7) is 2.56. The third-order valence-electron chi connectivity index (χ3n) is 2.27. The molecule has 84 valence electrons. The summed E-state index contributed by atoms with van der Waals surface area (Å²) in [5.74, 6) is 0. The Balaban J connectivity index is 2.12. The number of aromatic amines is 1. The van der Waals surface area contributed by atoms with Crippen LogP contribution < -0.4 is 5.32 Å². The minimum atomic E-state index is 0.638. The molecule has 1 aromatic carbocycles. The van der Waals surface area contributed by atoms with E-state index in [1.54, 1.807) is 12.5 Å². The Morgan fingerprint density at radius 2 is 2.12 bits per heavy atom. The second-order valence-corrected chi connectivity index (χ2v) is 4.33. The van der Waals surface area contributed by atoms with Crippen molar-refractivity contribution in [3.05, 3.63) is 46.0 Å². The fraction of sp³-hybridized carbons (Fsp3) is 0.182. The summed E-state index contributed by atoms with van der Waals surface area (Å²) in [6, 6.07) is 3.68. The van der Waals surface area contributed by atoms with Crippen LogP contribution in [0.25, 0.3) is 0 Å². The molecule has 0 aliphatic rings. The van der Waals surface area contributed by atoms with Crippen LogP contribution in [-0.4, -0.2) is 9.97 Å². The molecule has 0 radical (unpaired) electrons. The fourth-order valence-electron chi connectivity index (χ4n) is 1.35. The summed E-state index contributed by atoms with van der Waals surface area (Å²) in [5.41, 5.74) is 2.79. The monoisotopic (exact) mass is 255 g/mol. The molecule has 2 aromatic rings. The molecule has 2 rings (SSSR count). The molecule has 1 heterocycles. The van der Waals surface area contributed by atoms with Crippen LogP contribution in [0.1, 0.15) is 11.3 Å². The van der Waals surface area contributed by atoms with Gasteiger partial charge < -0.3 is 10.3 Å². The largest absolute Gasteiger partial charge is 0.378 e. The van der Waals surface area contributed by atoms with E-state index in [1.165, 1.54) is 0 Å². The zero-order valence-electron chi connectivity index (χ0n) is 8.72. The molecule has 0 saturated heterocycles. The molecular formula is C11H11Cl2N3. The van der Waals surface area contributed by atoms with E-state index in [0.29, 0.717) is 16.6 Å². The lowest BCUT2D eigenvalue weighted by atomic mass is 10.2. The highest BCUT2D eigenvalue weighted by Crippen LogP contribution is 2.28. The molecule has 0 atom stereocenters. The van der Waals surface area contributed by atoms with E-state index in [0.717, 1.165) is 16.9 Å². The lowest BCUT2D eigenvalue weighted by Crippen LogP contribution is -2.00. The number of rotatable bonds is 3. The van der Waals surface area contributed by atoms with Crippen LogP contribution in [0.3, 0.4) is 0 Å². The highest BCUT2D eigenvalue weighted by Gasteiger charge is 2.04. The summed E-state index contributed by atoms with van der Waals surface area (Å²) in [6.07, 6.45) is 3.40. The first-order chi connectivity index (χ1) is 7.66. The first-order valence-electron chi connectivity index (χ1n) is 4.83. The molecule has 0 aliphatic carbocycles. The van der Waals surface area contributed by atoms with E-state index in [-0.39, 0.29) is 0 Å². The third kappa shape index (κ3) is 2.49. The number of benzene rings is 1. The second kappa shape index (κ2) is 4.76. The van der Waals surface area contributed by atoms with Crippen molar-refractivity contribution in [2.24, 2.45) is 0 Å². The topological polar surface area (TPSA) is 40.7 Å². The van der Waals surface area contributed by atoms with E-state index in [9.17, 15) is 0 Å². The Kier molecular flexibility index (Phi) is 3.36.